The van der Waals surface area contributed by atoms with E-state index in [1.807, 2.05) is 22.6 Å². The number of carbonyl (C=O) groups is 2. The van der Waals surface area contributed by atoms with E-state index in [1.54, 1.807) is 20.8 Å². The van der Waals surface area contributed by atoms with Crippen LogP contribution in [-0.2, 0) is 15.7 Å². The number of nitrogens with one attached hydrogen (secondary N) is 2. The highest BCUT2D eigenvalue weighted by Gasteiger charge is 2.31. The van der Waals surface area contributed by atoms with Crippen molar-refractivity contribution in [1.82, 2.24) is 5.32 Å². The van der Waals surface area contributed by atoms with Crippen LogP contribution in [0.5, 0.6) is 0 Å². The summed E-state index contributed by atoms with van der Waals surface area (Å²) in [4.78, 5) is 24.1. The van der Waals surface area contributed by atoms with Gasteiger partial charge in [0.15, 0.2) is 6.10 Å². The molecule has 0 aliphatic rings. The zero-order valence-corrected chi connectivity index (χ0v) is 16.2. The second-order valence-electron chi connectivity index (χ2n) is 6.31. The predicted molar refractivity (Wildman–Crippen MR) is 96.7 cm³/mol. The Morgan fingerprint density at radius 1 is 1.24 bits per heavy atom. The summed E-state index contributed by atoms with van der Waals surface area (Å²) in [5.41, 5.74) is -1.43. The Bertz CT molecular complexity index is 615. The first-order valence-electron chi connectivity index (χ1n) is 7.45. The van der Waals surface area contributed by atoms with Crippen LogP contribution in [0.25, 0.3) is 0 Å². The number of rotatable bonds is 5. The van der Waals surface area contributed by atoms with Gasteiger partial charge in [-0.05, 0) is 39.0 Å². The van der Waals surface area contributed by atoms with Gasteiger partial charge >= 0.3 is 12.3 Å². The van der Waals surface area contributed by atoms with Crippen LogP contribution >= 0.6 is 22.6 Å². The van der Waals surface area contributed by atoms with Crippen LogP contribution in [0.3, 0.4) is 0 Å². The maximum Gasteiger partial charge on any atom is 0.416 e. The van der Waals surface area contributed by atoms with E-state index in [-0.39, 0.29) is 12.1 Å². The van der Waals surface area contributed by atoms with E-state index >= 15 is 0 Å². The minimum atomic E-state index is -4.51. The van der Waals surface area contributed by atoms with Crippen LogP contribution in [0.1, 0.15) is 32.8 Å². The van der Waals surface area contributed by atoms with E-state index in [0.717, 1.165) is 12.1 Å². The Kier molecular flexibility index (Phi) is 7.51. The SMILES string of the molecule is CC(C)(C)NC(=O)OC(CCI)C(=O)Nc1cccc(C(F)(F)F)c1. The lowest BCUT2D eigenvalue weighted by Crippen LogP contribution is -2.44. The average Bonchev–Trinajstić information content (AvgIpc) is 2.44. The molecule has 5 nitrogen and oxygen atoms in total. The fraction of sp³-hybridized carbons (Fsp3) is 0.500. The minimum absolute atomic E-state index is 0.0156. The van der Waals surface area contributed by atoms with E-state index in [1.165, 1.54) is 12.1 Å². The zero-order valence-electron chi connectivity index (χ0n) is 14.0. The summed E-state index contributed by atoms with van der Waals surface area (Å²) in [7, 11) is 0. The molecule has 1 aromatic rings. The normalized spacial score (nSPS) is 13.1. The Morgan fingerprint density at radius 3 is 2.40 bits per heavy atom. The highest BCUT2D eigenvalue weighted by molar-refractivity contribution is 14.1. The summed E-state index contributed by atoms with van der Waals surface area (Å²) < 4.78 is 43.8. The average molecular weight is 472 g/mol. The molecule has 0 aliphatic carbocycles. The number of alkyl halides is 4. The second-order valence-corrected chi connectivity index (χ2v) is 7.39. The molecule has 2 N–H and O–H groups in total. The maximum absolute atomic E-state index is 12.7. The molecule has 0 saturated heterocycles. The van der Waals surface area contributed by atoms with Gasteiger partial charge in [0.05, 0.1) is 5.56 Å². The van der Waals surface area contributed by atoms with Crippen molar-refractivity contribution in [2.45, 2.75) is 45.0 Å². The number of halogens is 4. The van der Waals surface area contributed by atoms with Crippen molar-refractivity contribution in [2.24, 2.45) is 0 Å². The smallest absolute Gasteiger partial charge is 0.416 e. The van der Waals surface area contributed by atoms with E-state index in [4.69, 9.17) is 4.74 Å². The van der Waals surface area contributed by atoms with Gasteiger partial charge < -0.3 is 15.4 Å². The molecule has 1 rings (SSSR count). The highest BCUT2D eigenvalue weighted by Crippen LogP contribution is 2.30. The predicted octanol–water partition coefficient (Wildman–Crippen LogP) is 4.36. The van der Waals surface area contributed by atoms with Gasteiger partial charge in [-0.25, -0.2) is 4.79 Å². The third kappa shape index (κ3) is 7.93. The van der Waals surface area contributed by atoms with Crippen LogP contribution < -0.4 is 10.6 Å². The molecule has 0 heterocycles. The van der Waals surface area contributed by atoms with Crippen molar-refractivity contribution in [3.8, 4) is 0 Å². The number of hydrogen-bond acceptors (Lipinski definition) is 3. The summed E-state index contributed by atoms with van der Waals surface area (Å²) in [5, 5.41) is 4.92. The first-order chi connectivity index (χ1) is 11.4. The number of anilines is 1. The monoisotopic (exact) mass is 472 g/mol. The molecule has 0 saturated carbocycles. The fourth-order valence-electron chi connectivity index (χ4n) is 1.80. The van der Waals surface area contributed by atoms with Gasteiger partial charge in [-0.15, -0.1) is 0 Å². The third-order valence-electron chi connectivity index (χ3n) is 2.85. The Hall–Kier alpha value is -1.52. The van der Waals surface area contributed by atoms with Crippen molar-refractivity contribution < 1.29 is 27.5 Å². The van der Waals surface area contributed by atoms with Crippen molar-refractivity contribution >= 4 is 40.3 Å². The number of alkyl carbamates (subject to hydrolysis) is 1. The molecule has 0 bridgehead atoms. The molecule has 25 heavy (non-hydrogen) atoms. The third-order valence-corrected chi connectivity index (χ3v) is 3.47. The molecule has 2 amide bonds. The first kappa shape index (κ1) is 21.5. The number of ether oxygens (including phenoxy) is 1. The molecule has 140 valence electrons. The zero-order chi connectivity index (χ0) is 19.3. The van der Waals surface area contributed by atoms with Gasteiger partial charge in [0, 0.05) is 22.1 Å². The Labute approximate surface area is 157 Å². The van der Waals surface area contributed by atoms with E-state index in [2.05, 4.69) is 10.6 Å². The lowest BCUT2D eigenvalue weighted by Gasteiger charge is -2.23. The van der Waals surface area contributed by atoms with Crippen LogP contribution in [0.15, 0.2) is 24.3 Å². The molecule has 0 fully saturated rings. The van der Waals surface area contributed by atoms with Crippen molar-refractivity contribution in [3.05, 3.63) is 29.8 Å². The van der Waals surface area contributed by atoms with Gasteiger partial charge in [0.2, 0.25) is 0 Å². The van der Waals surface area contributed by atoms with Gasteiger partial charge in [-0.3, -0.25) is 4.79 Å². The molecule has 0 aliphatic heterocycles. The van der Waals surface area contributed by atoms with Crippen molar-refractivity contribution in [2.75, 3.05) is 9.74 Å². The summed E-state index contributed by atoms with van der Waals surface area (Å²) in [6.45, 7) is 5.26. The largest absolute Gasteiger partial charge is 0.436 e. The summed E-state index contributed by atoms with van der Waals surface area (Å²) in [5.74, 6) is -0.681. The number of benzene rings is 1. The standard InChI is InChI=1S/C16H20F3IN2O3/c1-15(2,3)22-14(24)25-12(7-8-20)13(23)21-11-6-4-5-10(9-11)16(17,18)19/h4-6,9,12H,7-8H2,1-3H3,(H,21,23)(H,22,24). The lowest BCUT2D eigenvalue weighted by molar-refractivity contribution is -0.137. The molecule has 1 unspecified atom stereocenters. The number of hydrogen-bond donors (Lipinski definition) is 2. The van der Waals surface area contributed by atoms with Crippen LogP contribution in [0.2, 0.25) is 0 Å². The highest BCUT2D eigenvalue weighted by atomic mass is 127. The molecule has 9 heteroatoms. The molecule has 1 atom stereocenters. The van der Waals surface area contributed by atoms with Gasteiger partial charge in [0.1, 0.15) is 0 Å². The summed E-state index contributed by atoms with van der Waals surface area (Å²) in [6.07, 6.45) is -6.13. The van der Waals surface area contributed by atoms with E-state index in [0.29, 0.717) is 4.43 Å². The van der Waals surface area contributed by atoms with Crippen LogP contribution in [0, 0.1) is 0 Å². The molecule has 0 spiro atoms. The minimum Gasteiger partial charge on any atom is -0.436 e. The van der Waals surface area contributed by atoms with Crippen LogP contribution in [-0.4, -0.2) is 28.1 Å². The van der Waals surface area contributed by atoms with E-state index < -0.39 is 35.4 Å². The topological polar surface area (TPSA) is 67.4 Å². The molecule has 0 aromatic heterocycles. The molecule has 1 aromatic carbocycles. The lowest BCUT2D eigenvalue weighted by atomic mass is 10.1. The van der Waals surface area contributed by atoms with Gasteiger partial charge in [0.25, 0.3) is 5.91 Å². The number of amides is 2. The van der Waals surface area contributed by atoms with Crippen LogP contribution in [0.4, 0.5) is 23.7 Å². The molecular weight excluding hydrogens is 452 g/mol. The summed E-state index contributed by atoms with van der Waals surface area (Å²) >= 11 is 2.02. The first-order valence-corrected chi connectivity index (χ1v) is 8.98. The summed E-state index contributed by atoms with van der Waals surface area (Å²) in [6, 6.07) is 4.27. The second kappa shape index (κ2) is 8.72. The Morgan fingerprint density at radius 2 is 1.88 bits per heavy atom. The maximum atomic E-state index is 12.7. The van der Waals surface area contributed by atoms with Gasteiger partial charge in [-0.1, -0.05) is 28.7 Å². The quantitative estimate of drug-likeness (QED) is 0.495. The van der Waals surface area contributed by atoms with Crippen molar-refractivity contribution in [1.29, 1.82) is 0 Å². The molecular formula is C16H20F3IN2O3. The Balaban J connectivity index is 2.81. The van der Waals surface area contributed by atoms with E-state index in [9.17, 15) is 22.8 Å². The van der Waals surface area contributed by atoms with Gasteiger partial charge in [-0.2, -0.15) is 13.2 Å². The van der Waals surface area contributed by atoms with Crippen molar-refractivity contribution in [3.63, 3.8) is 0 Å². The number of carbonyl (C=O) groups excluding carboxylic acids is 2. The molecule has 0 radical (unpaired) electrons. The fourth-order valence-corrected chi connectivity index (χ4v) is 2.37.